The molecule has 0 saturated heterocycles. The van der Waals surface area contributed by atoms with Crippen LogP contribution in [0.3, 0.4) is 0 Å². The zero-order valence-electron chi connectivity index (χ0n) is 14.7. The predicted octanol–water partition coefficient (Wildman–Crippen LogP) is 3.59. The van der Waals surface area contributed by atoms with Crippen LogP contribution >= 0.6 is 11.3 Å². The molecule has 1 heterocycles. The summed E-state index contributed by atoms with van der Waals surface area (Å²) in [6.07, 6.45) is 0. The molecule has 144 valence electrons. The molecular weight excluding hydrogens is 400 g/mol. The molecule has 0 aliphatic heterocycles. The second-order valence-electron chi connectivity index (χ2n) is 5.61. The number of esters is 1. The Morgan fingerprint density at radius 3 is 2.29 bits per heavy atom. The molecule has 0 atom stereocenters. The van der Waals surface area contributed by atoms with E-state index in [9.17, 15) is 18.0 Å². The van der Waals surface area contributed by atoms with Crippen molar-refractivity contribution in [1.82, 2.24) is 0 Å². The standard InChI is InChI=1S/C19H16N2O5S2/c1-26-19(23)16-11-12-27-18(16)20-17(22)13-7-9-14(10-8-13)21-28(24,25)15-5-3-2-4-6-15/h2-12,21H,1H3,(H,20,22). The van der Waals surface area contributed by atoms with Crippen molar-refractivity contribution in [3.63, 3.8) is 0 Å². The minimum absolute atomic E-state index is 0.143. The van der Waals surface area contributed by atoms with Crippen molar-refractivity contribution in [2.75, 3.05) is 17.1 Å². The number of nitrogens with one attached hydrogen (secondary N) is 2. The van der Waals surface area contributed by atoms with Crippen molar-refractivity contribution in [2.45, 2.75) is 4.90 Å². The minimum Gasteiger partial charge on any atom is -0.465 e. The summed E-state index contributed by atoms with van der Waals surface area (Å²) in [5, 5.41) is 4.71. The van der Waals surface area contributed by atoms with Crippen molar-refractivity contribution in [1.29, 1.82) is 0 Å². The molecule has 2 aromatic carbocycles. The highest BCUT2D eigenvalue weighted by molar-refractivity contribution is 7.92. The van der Waals surface area contributed by atoms with Crippen molar-refractivity contribution in [2.24, 2.45) is 0 Å². The van der Waals surface area contributed by atoms with E-state index in [-0.39, 0.29) is 10.5 Å². The first kappa shape index (κ1) is 19.6. The summed E-state index contributed by atoms with van der Waals surface area (Å²) in [4.78, 5) is 24.2. The highest BCUT2D eigenvalue weighted by Crippen LogP contribution is 2.25. The molecule has 0 saturated carbocycles. The summed E-state index contributed by atoms with van der Waals surface area (Å²) in [6, 6.07) is 15.5. The summed E-state index contributed by atoms with van der Waals surface area (Å²) in [5.74, 6) is -0.965. The fourth-order valence-electron chi connectivity index (χ4n) is 2.36. The van der Waals surface area contributed by atoms with Gasteiger partial charge in [0.25, 0.3) is 15.9 Å². The van der Waals surface area contributed by atoms with Gasteiger partial charge in [0.05, 0.1) is 17.6 Å². The normalized spacial score (nSPS) is 10.9. The summed E-state index contributed by atoms with van der Waals surface area (Å²) in [6.45, 7) is 0. The maximum atomic E-state index is 12.4. The lowest BCUT2D eigenvalue weighted by atomic mass is 10.2. The average Bonchev–Trinajstić information content (AvgIpc) is 3.16. The smallest absolute Gasteiger partial charge is 0.340 e. The largest absolute Gasteiger partial charge is 0.465 e. The Morgan fingerprint density at radius 2 is 1.64 bits per heavy atom. The van der Waals surface area contributed by atoms with Crippen LogP contribution in [-0.4, -0.2) is 27.4 Å². The van der Waals surface area contributed by atoms with Gasteiger partial charge in [0.1, 0.15) is 5.00 Å². The Hall–Kier alpha value is -3.17. The summed E-state index contributed by atoms with van der Waals surface area (Å²) < 4.78 is 31.8. The Balaban J connectivity index is 1.72. The Kier molecular flexibility index (Phi) is 5.76. The van der Waals surface area contributed by atoms with E-state index in [0.717, 1.165) is 0 Å². The van der Waals surface area contributed by atoms with Gasteiger partial charge in [-0.15, -0.1) is 11.3 Å². The summed E-state index contributed by atoms with van der Waals surface area (Å²) in [7, 11) is -2.44. The van der Waals surface area contributed by atoms with Crippen LogP contribution in [0.1, 0.15) is 20.7 Å². The number of amides is 1. The molecule has 3 rings (SSSR count). The molecule has 0 unspecified atom stereocenters. The number of sulfonamides is 1. The third kappa shape index (κ3) is 4.38. The van der Waals surface area contributed by atoms with Gasteiger partial charge in [-0.05, 0) is 47.8 Å². The second-order valence-corrected chi connectivity index (χ2v) is 8.20. The van der Waals surface area contributed by atoms with Gasteiger partial charge in [-0.1, -0.05) is 18.2 Å². The second kappa shape index (κ2) is 8.24. The molecule has 0 spiro atoms. The van der Waals surface area contributed by atoms with E-state index in [1.54, 1.807) is 29.6 Å². The molecule has 1 amide bonds. The molecule has 7 nitrogen and oxygen atoms in total. The predicted molar refractivity (Wildman–Crippen MR) is 107 cm³/mol. The van der Waals surface area contributed by atoms with Crippen molar-refractivity contribution >= 4 is 43.9 Å². The number of carbonyl (C=O) groups excluding carboxylic acids is 2. The molecule has 2 N–H and O–H groups in total. The number of ether oxygens (including phenoxy) is 1. The molecule has 0 fully saturated rings. The van der Waals surface area contributed by atoms with Crippen LogP contribution in [0.4, 0.5) is 10.7 Å². The summed E-state index contributed by atoms with van der Waals surface area (Å²) in [5.41, 5.74) is 0.909. The van der Waals surface area contributed by atoms with Gasteiger partial charge in [0.15, 0.2) is 0 Å². The van der Waals surface area contributed by atoms with E-state index >= 15 is 0 Å². The van der Waals surface area contributed by atoms with Crippen LogP contribution in [0.15, 0.2) is 70.9 Å². The van der Waals surface area contributed by atoms with Crippen LogP contribution in [0, 0.1) is 0 Å². The lowest BCUT2D eigenvalue weighted by Gasteiger charge is -2.09. The van der Waals surface area contributed by atoms with E-state index in [4.69, 9.17) is 0 Å². The van der Waals surface area contributed by atoms with Crippen molar-refractivity contribution < 1.29 is 22.7 Å². The number of benzene rings is 2. The van der Waals surface area contributed by atoms with Crippen LogP contribution in [0.2, 0.25) is 0 Å². The molecule has 0 bridgehead atoms. The van der Waals surface area contributed by atoms with Gasteiger partial charge in [-0.2, -0.15) is 0 Å². The third-order valence-corrected chi connectivity index (χ3v) is 5.98. The lowest BCUT2D eigenvalue weighted by molar-refractivity contribution is 0.0602. The Morgan fingerprint density at radius 1 is 0.964 bits per heavy atom. The van der Waals surface area contributed by atoms with Gasteiger partial charge >= 0.3 is 5.97 Å². The highest BCUT2D eigenvalue weighted by Gasteiger charge is 2.17. The van der Waals surface area contributed by atoms with E-state index in [0.29, 0.717) is 16.3 Å². The molecule has 0 radical (unpaired) electrons. The first-order chi connectivity index (χ1) is 13.4. The number of rotatable bonds is 6. The first-order valence-corrected chi connectivity index (χ1v) is 10.4. The van der Waals surface area contributed by atoms with Crippen molar-refractivity contribution in [3.05, 3.63) is 77.2 Å². The van der Waals surface area contributed by atoms with Crippen LogP contribution < -0.4 is 10.0 Å². The van der Waals surface area contributed by atoms with Gasteiger partial charge < -0.3 is 10.1 Å². The summed E-state index contributed by atoms with van der Waals surface area (Å²) >= 11 is 1.20. The molecule has 9 heteroatoms. The zero-order valence-corrected chi connectivity index (χ0v) is 16.3. The molecule has 28 heavy (non-hydrogen) atoms. The van der Waals surface area contributed by atoms with Gasteiger partial charge in [0.2, 0.25) is 0 Å². The van der Waals surface area contributed by atoms with Crippen LogP contribution in [0.25, 0.3) is 0 Å². The average molecular weight is 416 g/mol. The van der Waals surface area contributed by atoms with Gasteiger partial charge in [-0.25, -0.2) is 13.2 Å². The number of hydrogen-bond donors (Lipinski definition) is 2. The molecule has 0 aliphatic carbocycles. The maximum absolute atomic E-state index is 12.4. The molecule has 1 aromatic heterocycles. The number of thiophene rings is 1. The number of carbonyl (C=O) groups is 2. The quantitative estimate of drug-likeness (QED) is 0.598. The molecule has 3 aromatic rings. The number of anilines is 2. The first-order valence-electron chi connectivity index (χ1n) is 8.06. The fraction of sp³-hybridized carbons (Fsp3) is 0.0526. The van der Waals surface area contributed by atoms with E-state index < -0.39 is 21.9 Å². The zero-order chi connectivity index (χ0) is 20.1. The van der Waals surface area contributed by atoms with E-state index in [2.05, 4.69) is 14.8 Å². The van der Waals surface area contributed by atoms with Crippen molar-refractivity contribution in [3.8, 4) is 0 Å². The Bertz CT molecular complexity index is 1090. The fourth-order valence-corrected chi connectivity index (χ4v) is 4.21. The van der Waals surface area contributed by atoms with E-state index in [1.807, 2.05) is 0 Å². The molecule has 0 aliphatic rings. The van der Waals surface area contributed by atoms with Crippen LogP contribution in [-0.2, 0) is 14.8 Å². The highest BCUT2D eigenvalue weighted by atomic mass is 32.2. The van der Waals surface area contributed by atoms with Crippen LogP contribution in [0.5, 0.6) is 0 Å². The van der Waals surface area contributed by atoms with Gasteiger partial charge in [0, 0.05) is 11.3 Å². The number of methoxy groups -OCH3 is 1. The maximum Gasteiger partial charge on any atom is 0.340 e. The molecular formula is C19H16N2O5S2. The Labute approximate surface area is 166 Å². The minimum atomic E-state index is -3.71. The topological polar surface area (TPSA) is 102 Å². The third-order valence-electron chi connectivity index (χ3n) is 3.75. The van der Waals surface area contributed by atoms with E-state index in [1.165, 1.54) is 54.8 Å². The lowest BCUT2D eigenvalue weighted by Crippen LogP contribution is -2.15. The monoisotopic (exact) mass is 416 g/mol. The van der Waals surface area contributed by atoms with Gasteiger partial charge in [-0.3, -0.25) is 9.52 Å². The SMILES string of the molecule is COC(=O)c1ccsc1NC(=O)c1ccc(NS(=O)(=O)c2ccccc2)cc1. The number of hydrogen-bond acceptors (Lipinski definition) is 6.